The van der Waals surface area contributed by atoms with Gasteiger partial charge in [0, 0.05) is 42.2 Å². The van der Waals surface area contributed by atoms with Crippen LogP contribution in [0, 0.1) is 0 Å². The van der Waals surface area contributed by atoms with Crippen LogP contribution in [-0.4, -0.2) is 48.2 Å². The Morgan fingerprint density at radius 3 is 2.71 bits per heavy atom. The van der Waals surface area contributed by atoms with Gasteiger partial charge in [-0.05, 0) is 42.2 Å². The summed E-state index contributed by atoms with van der Waals surface area (Å²) in [4.78, 5) is 22.7. The molecular formula is C21H20ClN3OS2. The monoisotopic (exact) mass is 429 g/mol. The molecule has 1 aliphatic rings. The molecule has 4 nitrogen and oxygen atoms in total. The zero-order valence-electron chi connectivity index (χ0n) is 15.5. The molecule has 2 heterocycles. The van der Waals surface area contributed by atoms with Gasteiger partial charge in [-0.1, -0.05) is 41.1 Å². The number of rotatable bonds is 4. The Hall–Kier alpha value is -2.02. The molecule has 2 aromatic carbocycles. The minimum Gasteiger partial charge on any atom is -0.345 e. The van der Waals surface area contributed by atoms with Gasteiger partial charge in [-0.3, -0.25) is 4.79 Å². The first kappa shape index (κ1) is 19.3. The number of amides is 1. The molecule has 144 valence electrons. The van der Waals surface area contributed by atoms with Crippen molar-refractivity contribution in [2.24, 2.45) is 0 Å². The average Bonchev–Trinajstić information content (AvgIpc) is 3.16. The van der Waals surface area contributed by atoms with Gasteiger partial charge in [0.05, 0.1) is 10.2 Å². The van der Waals surface area contributed by atoms with Crippen LogP contribution in [0.4, 0.5) is 5.13 Å². The first-order valence-corrected chi connectivity index (χ1v) is 11.5. The van der Waals surface area contributed by atoms with Crippen LogP contribution in [0.25, 0.3) is 16.3 Å². The Labute approximate surface area is 177 Å². The van der Waals surface area contributed by atoms with Gasteiger partial charge in [0.25, 0.3) is 0 Å². The number of anilines is 1. The molecule has 0 atom stereocenters. The summed E-state index contributed by atoms with van der Waals surface area (Å²) >= 11 is 9.61. The Balaban J connectivity index is 1.39. The summed E-state index contributed by atoms with van der Waals surface area (Å²) in [5.41, 5.74) is 1.90. The van der Waals surface area contributed by atoms with Crippen molar-refractivity contribution < 1.29 is 4.79 Å². The van der Waals surface area contributed by atoms with E-state index in [4.69, 9.17) is 16.6 Å². The van der Waals surface area contributed by atoms with E-state index in [0.717, 1.165) is 29.3 Å². The molecule has 1 fully saturated rings. The third kappa shape index (κ3) is 4.19. The van der Waals surface area contributed by atoms with Gasteiger partial charge in [-0.15, -0.1) is 11.8 Å². The van der Waals surface area contributed by atoms with E-state index in [1.54, 1.807) is 35.3 Å². The summed E-state index contributed by atoms with van der Waals surface area (Å²) in [6.07, 6.45) is 5.48. The number of carbonyl (C=O) groups is 1. The van der Waals surface area contributed by atoms with Crippen LogP contribution >= 0.6 is 34.7 Å². The molecule has 0 saturated carbocycles. The molecular weight excluding hydrogens is 410 g/mol. The highest BCUT2D eigenvalue weighted by molar-refractivity contribution is 7.98. The number of carbonyl (C=O) groups excluding carboxylic acids is 1. The fourth-order valence-electron chi connectivity index (χ4n) is 3.15. The van der Waals surface area contributed by atoms with E-state index in [2.05, 4.69) is 29.4 Å². The van der Waals surface area contributed by atoms with Crippen LogP contribution in [0.3, 0.4) is 0 Å². The largest absolute Gasteiger partial charge is 0.345 e. The van der Waals surface area contributed by atoms with Crippen molar-refractivity contribution in [1.29, 1.82) is 0 Å². The summed E-state index contributed by atoms with van der Waals surface area (Å²) in [5.74, 6) is 0.0217. The molecule has 1 aromatic heterocycles. The van der Waals surface area contributed by atoms with Crippen molar-refractivity contribution in [2.45, 2.75) is 4.90 Å². The van der Waals surface area contributed by atoms with Crippen LogP contribution in [0.5, 0.6) is 0 Å². The number of nitrogens with zero attached hydrogens (tertiary/aromatic N) is 3. The van der Waals surface area contributed by atoms with Gasteiger partial charge >= 0.3 is 0 Å². The second kappa shape index (κ2) is 8.55. The van der Waals surface area contributed by atoms with E-state index < -0.39 is 0 Å². The lowest BCUT2D eigenvalue weighted by molar-refractivity contribution is -0.126. The molecule has 28 heavy (non-hydrogen) atoms. The van der Waals surface area contributed by atoms with Crippen molar-refractivity contribution in [1.82, 2.24) is 9.88 Å². The van der Waals surface area contributed by atoms with Crippen molar-refractivity contribution in [3.8, 4) is 0 Å². The maximum Gasteiger partial charge on any atom is 0.246 e. The van der Waals surface area contributed by atoms with Gasteiger partial charge in [0.1, 0.15) is 0 Å². The molecule has 1 aliphatic heterocycles. The Morgan fingerprint density at radius 1 is 1.18 bits per heavy atom. The molecule has 1 amide bonds. The standard InChI is InChI=1S/C21H20ClN3OS2/c1-27-16-7-8-18-19(14-16)28-21(23-18)25-12-10-24(11-13-25)20(26)9-6-15-4-2-3-5-17(15)22/h2-9,14H,10-13H2,1H3. The normalized spacial score (nSPS) is 14.9. The first-order chi connectivity index (χ1) is 13.6. The Kier molecular flexibility index (Phi) is 5.90. The van der Waals surface area contributed by atoms with Crippen LogP contribution in [0.2, 0.25) is 5.02 Å². The zero-order chi connectivity index (χ0) is 19.5. The minimum absolute atomic E-state index is 0.0217. The number of piperazine rings is 1. The molecule has 4 rings (SSSR count). The third-order valence-electron chi connectivity index (χ3n) is 4.76. The van der Waals surface area contributed by atoms with E-state index in [1.807, 2.05) is 29.2 Å². The SMILES string of the molecule is CSc1ccc2nc(N3CCN(C(=O)C=Cc4ccccc4Cl)CC3)sc2c1. The summed E-state index contributed by atoms with van der Waals surface area (Å²) < 4.78 is 1.21. The molecule has 0 radical (unpaired) electrons. The highest BCUT2D eigenvalue weighted by atomic mass is 35.5. The fraction of sp³-hybridized carbons (Fsp3) is 0.238. The summed E-state index contributed by atoms with van der Waals surface area (Å²) in [5, 5.41) is 1.68. The number of aromatic nitrogens is 1. The quantitative estimate of drug-likeness (QED) is 0.430. The number of hydrogen-bond donors (Lipinski definition) is 0. The minimum atomic E-state index is 0.0217. The molecule has 0 N–H and O–H groups in total. The molecule has 0 spiro atoms. The van der Waals surface area contributed by atoms with Crippen LogP contribution < -0.4 is 4.90 Å². The maximum atomic E-state index is 12.5. The lowest BCUT2D eigenvalue weighted by Gasteiger charge is -2.34. The van der Waals surface area contributed by atoms with E-state index >= 15 is 0 Å². The Morgan fingerprint density at radius 2 is 1.96 bits per heavy atom. The molecule has 0 bridgehead atoms. The lowest BCUT2D eigenvalue weighted by Crippen LogP contribution is -2.48. The van der Waals surface area contributed by atoms with E-state index in [1.165, 1.54) is 9.60 Å². The van der Waals surface area contributed by atoms with Crippen molar-refractivity contribution in [2.75, 3.05) is 37.3 Å². The Bertz CT molecular complexity index is 1030. The van der Waals surface area contributed by atoms with Crippen molar-refractivity contribution in [3.63, 3.8) is 0 Å². The van der Waals surface area contributed by atoms with Gasteiger partial charge < -0.3 is 9.80 Å². The van der Waals surface area contributed by atoms with Gasteiger partial charge in [-0.2, -0.15) is 0 Å². The smallest absolute Gasteiger partial charge is 0.246 e. The lowest BCUT2D eigenvalue weighted by atomic mass is 10.2. The second-order valence-corrected chi connectivity index (χ2v) is 8.79. The molecule has 7 heteroatoms. The molecule has 0 unspecified atom stereocenters. The zero-order valence-corrected chi connectivity index (χ0v) is 17.9. The topological polar surface area (TPSA) is 36.4 Å². The number of thiazole rings is 1. The highest BCUT2D eigenvalue weighted by Crippen LogP contribution is 2.32. The molecule has 3 aromatic rings. The summed E-state index contributed by atoms with van der Waals surface area (Å²) in [7, 11) is 0. The van der Waals surface area contributed by atoms with E-state index in [-0.39, 0.29) is 5.91 Å². The molecule has 0 aliphatic carbocycles. The van der Waals surface area contributed by atoms with Gasteiger partial charge in [-0.25, -0.2) is 4.98 Å². The summed E-state index contributed by atoms with van der Waals surface area (Å²) in [6, 6.07) is 13.9. The fourth-order valence-corrected chi connectivity index (χ4v) is 4.92. The van der Waals surface area contributed by atoms with Gasteiger partial charge in [0.2, 0.25) is 5.91 Å². The van der Waals surface area contributed by atoms with Crippen LogP contribution in [0.15, 0.2) is 53.4 Å². The number of benzene rings is 2. The number of halogens is 1. The number of hydrogen-bond acceptors (Lipinski definition) is 5. The van der Waals surface area contributed by atoms with Gasteiger partial charge in [0.15, 0.2) is 5.13 Å². The second-order valence-electron chi connectivity index (χ2n) is 6.50. The van der Waals surface area contributed by atoms with Crippen LogP contribution in [-0.2, 0) is 4.79 Å². The first-order valence-electron chi connectivity index (χ1n) is 9.05. The maximum absolute atomic E-state index is 12.5. The number of thioether (sulfide) groups is 1. The predicted molar refractivity (Wildman–Crippen MR) is 121 cm³/mol. The third-order valence-corrected chi connectivity index (χ3v) is 6.91. The average molecular weight is 430 g/mol. The predicted octanol–water partition coefficient (Wildman–Crippen LogP) is 5.03. The van der Waals surface area contributed by atoms with Crippen molar-refractivity contribution >= 4 is 62.0 Å². The van der Waals surface area contributed by atoms with E-state index in [0.29, 0.717) is 18.1 Å². The van der Waals surface area contributed by atoms with E-state index in [9.17, 15) is 4.79 Å². The number of fused-ring (bicyclic) bond motifs is 1. The van der Waals surface area contributed by atoms with Crippen LogP contribution in [0.1, 0.15) is 5.56 Å². The molecule has 1 saturated heterocycles. The highest BCUT2D eigenvalue weighted by Gasteiger charge is 2.22. The van der Waals surface area contributed by atoms with Crippen molar-refractivity contribution in [3.05, 3.63) is 59.1 Å². The summed E-state index contributed by atoms with van der Waals surface area (Å²) in [6.45, 7) is 2.97.